The summed E-state index contributed by atoms with van der Waals surface area (Å²) in [7, 11) is 7.45. The van der Waals surface area contributed by atoms with Crippen molar-refractivity contribution in [1.29, 1.82) is 0 Å². The molecule has 10 aromatic rings. The fourth-order valence-corrected chi connectivity index (χ4v) is 13.3. The minimum atomic E-state index is -0.593. The highest BCUT2D eigenvalue weighted by atomic mass is 16.5. The van der Waals surface area contributed by atoms with Gasteiger partial charge in [-0.05, 0) is 157 Å². The first-order valence-corrected chi connectivity index (χ1v) is 36.6. The SMILES string of the molecule is CCC[C@@H]1CN(c2nc(-c3cccc(OCC(O)CNC)c3)nc(-c3c(C)noc3C)c2C)CCO1.CC[C@H]1CN(c2nc(-c3cccc(OCC(O)CNC)c3)nc(-c3c(C)noc3C)c2C)CCO1.CNCC(O)COc1cccc(-c2nc(Cc3c(C)cn(C)c3C)cc(-c3c(C)noc3C)n2)c1. The van der Waals surface area contributed by atoms with Gasteiger partial charge in [-0.25, -0.2) is 29.9 Å². The summed E-state index contributed by atoms with van der Waals surface area (Å²) in [6.45, 7) is 30.6. The fourth-order valence-electron chi connectivity index (χ4n) is 13.3. The zero-order chi connectivity index (χ0) is 75.7. The second kappa shape index (κ2) is 37.2. The number of rotatable bonds is 28. The van der Waals surface area contributed by atoms with Crippen molar-refractivity contribution in [3.63, 3.8) is 0 Å². The molecule has 26 heteroatoms. The molecule has 5 atom stereocenters. The third kappa shape index (κ3) is 19.8. The zero-order valence-corrected chi connectivity index (χ0v) is 64.3. The van der Waals surface area contributed by atoms with E-state index < -0.39 is 18.3 Å². The van der Waals surface area contributed by atoms with E-state index in [0.717, 1.165) is 159 Å². The molecule has 2 aliphatic heterocycles. The van der Waals surface area contributed by atoms with Gasteiger partial charge in [0.2, 0.25) is 0 Å². The Bertz CT molecular complexity index is 4470. The third-order valence-corrected chi connectivity index (χ3v) is 18.9. The molecule has 9 heterocycles. The van der Waals surface area contributed by atoms with E-state index in [1.54, 1.807) is 21.1 Å². The fraction of sp³-hybridized carbons (Fsp3) is 0.463. The summed E-state index contributed by atoms with van der Waals surface area (Å²) >= 11 is 0. The van der Waals surface area contributed by atoms with Crippen LogP contribution in [0.2, 0.25) is 0 Å². The predicted molar refractivity (Wildman–Crippen MR) is 410 cm³/mol. The predicted octanol–water partition coefficient (Wildman–Crippen LogP) is 10.9. The van der Waals surface area contributed by atoms with Crippen molar-refractivity contribution in [3.05, 3.63) is 153 Å². The van der Waals surface area contributed by atoms with Gasteiger partial charge in [0.15, 0.2) is 17.5 Å². The molecule has 0 amide bonds. The molecule has 0 radical (unpaired) electrons. The van der Waals surface area contributed by atoms with Crippen LogP contribution < -0.4 is 40.0 Å². The normalized spacial score (nSPS) is 15.3. The van der Waals surface area contributed by atoms with Crippen LogP contribution >= 0.6 is 0 Å². The number of hydrogen-bond donors (Lipinski definition) is 6. The number of nitrogens with one attached hydrogen (secondary N) is 3. The lowest BCUT2D eigenvalue weighted by atomic mass is 10.0. The van der Waals surface area contributed by atoms with Crippen LogP contribution in [0.3, 0.4) is 0 Å². The Hall–Kier alpha value is -9.51. The monoisotopic (exact) mass is 1450 g/mol. The van der Waals surface area contributed by atoms with Crippen LogP contribution in [0.4, 0.5) is 11.6 Å². The first kappa shape index (κ1) is 79.1. The molecule has 0 saturated carbocycles. The van der Waals surface area contributed by atoms with Gasteiger partial charge in [-0.3, -0.25) is 0 Å². The van der Waals surface area contributed by atoms with Crippen molar-refractivity contribution in [1.82, 2.24) is 65.9 Å². The lowest BCUT2D eigenvalue weighted by molar-refractivity contribution is 0.0345. The summed E-state index contributed by atoms with van der Waals surface area (Å²) in [5.74, 6) is 7.73. The second-order valence-electron chi connectivity index (χ2n) is 27.2. The number of anilines is 2. The molecule has 0 bridgehead atoms. The first-order valence-electron chi connectivity index (χ1n) is 36.6. The quantitative estimate of drug-likeness (QED) is 0.0265. The molecule has 106 heavy (non-hydrogen) atoms. The van der Waals surface area contributed by atoms with Crippen LogP contribution in [0.25, 0.3) is 67.9 Å². The summed E-state index contributed by atoms with van der Waals surface area (Å²) in [6.07, 6.45) is 4.46. The number of aromatic nitrogens is 10. The molecule has 2 fully saturated rings. The lowest BCUT2D eigenvalue weighted by Crippen LogP contribution is -2.43. The number of aliphatic hydroxyl groups is 3. The Morgan fingerprint density at radius 3 is 1.32 bits per heavy atom. The standard InChI is InChI=1S/C27H37N5O4.C27H33N5O3.C26H35N5O4/c1-6-8-23-15-32(11-12-34-23)27-17(2)25(24-18(3)31-36-19(24)4)29-26(30-27)20-9-7-10-22(13-20)35-16-21(33)14-28-5;1-16-14-32(6)18(3)24(16)11-21-12-25(26-17(2)31-35-19(26)4)30-27(29-21)20-8-7-9-23(10-20)34-15-22(33)13-28-5;1-6-21-14-31(10-11-33-21)26-16(2)24(23-17(3)30-35-18(23)4)28-25(29-26)19-8-7-9-22(12-19)34-15-20(32)13-27-5/h7,9-10,13,21,23,28,33H,6,8,11-12,14-16H2,1-5H3;7-10,12,14,22,28,33H,11,13,15H2,1-6H3;7-9,12,20-21,27,32H,6,10-11,13-15H2,1-5H3/t21?,23-;;20?,21-/m1.0/s1. The van der Waals surface area contributed by atoms with Crippen molar-refractivity contribution in [2.24, 2.45) is 7.05 Å². The smallest absolute Gasteiger partial charge is 0.162 e. The van der Waals surface area contributed by atoms with Gasteiger partial charge in [0.25, 0.3) is 0 Å². The van der Waals surface area contributed by atoms with E-state index in [0.29, 0.717) is 74.0 Å². The van der Waals surface area contributed by atoms with Crippen molar-refractivity contribution in [2.75, 3.05) is 110 Å². The summed E-state index contributed by atoms with van der Waals surface area (Å²) in [5.41, 5.74) is 16.6. The summed E-state index contributed by atoms with van der Waals surface area (Å²) in [6, 6.07) is 25.0. The van der Waals surface area contributed by atoms with Gasteiger partial charge in [0, 0.05) is 105 Å². The van der Waals surface area contributed by atoms with Gasteiger partial charge in [0.05, 0.1) is 76.3 Å². The number of ether oxygens (including phenoxy) is 5. The third-order valence-electron chi connectivity index (χ3n) is 18.9. The van der Waals surface area contributed by atoms with Crippen molar-refractivity contribution < 1.29 is 52.6 Å². The van der Waals surface area contributed by atoms with E-state index in [2.05, 4.69) is 101 Å². The molecule has 566 valence electrons. The van der Waals surface area contributed by atoms with Gasteiger partial charge >= 0.3 is 0 Å². The Morgan fingerprint density at radius 2 is 0.934 bits per heavy atom. The van der Waals surface area contributed by atoms with E-state index in [-0.39, 0.29) is 32.0 Å². The lowest BCUT2D eigenvalue weighted by Gasteiger charge is -2.35. The van der Waals surface area contributed by atoms with E-state index >= 15 is 0 Å². The van der Waals surface area contributed by atoms with Gasteiger partial charge in [0.1, 0.15) is 84.3 Å². The molecule has 2 saturated heterocycles. The van der Waals surface area contributed by atoms with Gasteiger partial charge in [-0.15, -0.1) is 0 Å². The zero-order valence-electron chi connectivity index (χ0n) is 64.3. The van der Waals surface area contributed by atoms with Crippen LogP contribution in [0.15, 0.2) is 98.6 Å². The average molecular weight is 1450 g/mol. The Labute approximate surface area is 621 Å². The van der Waals surface area contributed by atoms with E-state index in [4.69, 9.17) is 67.2 Å². The minimum absolute atomic E-state index is 0.171. The number of nitrogens with zero attached hydrogens (tertiary/aromatic N) is 12. The van der Waals surface area contributed by atoms with Gasteiger partial charge in [-0.1, -0.05) is 72.1 Å². The van der Waals surface area contributed by atoms with Crippen LogP contribution in [0.5, 0.6) is 17.2 Å². The number of aliphatic hydroxyl groups excluding tert-OH is 3. The van der Waals surface area contributed by atoms with E-state index in [1.807, 2.05) is 120 Å². The molecule has 7 aromatic heterocycles. The van der Waals surface area contributed by atoms with Crippen molar-refractivity contribution >= 4 is 11.6 Å². The molecular weight excluding hydrogens is 1350 g/mol. The van der Waals surface area contributed by atoms with Crippen LogP contribution in [-0.4, -0.2) is 196 Å². The highest BCUT2D eigenvalue weighted by Gasteiger charge is 2.30. The maximum Gasteiger partial charge on any atom is 0.162 e. The summed E-state index contributed by atoms with van der Waals surface area (Å²) in [4.78, 5) is 34.5. The molecular formula is C80H105N15O11. The molecule has 0 aliphatic carbocycles. The number of hydrogen-bond acceptors (Lipinski definition) is 25. The van der Waals surface area contributed by atoms with Crippen LogP contribution in [0.1, 0.15) is 101 Å². The van der Waals surface area contributed by atoms with Crippen LogP contribution in [-0.2, 0) is 22.9 Å². The van der Waals surface area contributed by atoms with E-state index in [9.17, 15) is 15.3 Å². The highest BCUT2D eigenvalue weighted by molar-refractivity contribution is 5.77. The number of aryl methyl sites for hydroxylation is 8. The molecule has 26 nitrogen and oxygen atoms in total. The maximum atomic E-state index is 10.0. The number of morpholine rings is 2. The number of likely N-dealkylation sites (N-methyl/N-ethyl adjacent to an activating group) is 3. The van der Waals surface area contributed by atoms with Crippen molar-refractivity contribution in [3.8, 4) is 85.2 Å². The molecule has 12 rings (SSSR count). The average Bonchev–Trinajstić information content (AvgIpc) is 1.33. The Morgan fingerprint density at radius 1 is 0.519 bits per heavy atom. The summed E-state index contributed by atoms with van der Waals surface area (Å²) < 4.78 is 47.9. The van der Waals surface area contributed by atoms with Gasteiger partial charge in [-0.2, -0.15) is 0 Å². The molecule has 6 N–H and O–H groups in total. The molecule has 3 aromatic carbocycles. The maximum absolute atomic E-state index is 10.0. The molecule has 2 aliphatic rings. The van der Waals surface area contributed by atoms with Crippen LogP contribution in [0, 0.1) is 69.2 Å². The van der Waals surface area contributed by atoms with Crippen molar-refractivity contribution in [2.45, 2.75) is 139 Å². The Balaban J connectivity index is 0.000000170. The second-order valence-corrected chi connectivity index (χ2v) is 27.2. The minimum Gasteiger partial charge on any atom is -0.491 e. The first-order chi connectivity index (χ1) is 51.1. The Kier molecular flexibility index (Phi) is 27.7. The highest BCUT2D eigenvalue weighted by Crippen LogP contribution is 2.39. The number of benzene rings is 3. The van der Waals surface area contributed by atoms with Gasteiger partial charge < -0.3 is 82.9 Å². The summed E-state index contributed by atoms with van der Waals surface area (Å²) in [5, 5.41) is 51.3. The molecule has 0 spiro atoms. The molecule has 3 unspecified atom stereocenters. The largest absolute Gasteiger partial charge is 0.491 e. The van der Waals surface area contributed by atoms with E-state index in [1.165, 1.54) is 16.8 Å². The topological polar surface area (TPSA) is 310 Å².